The molecule has 10 rings (SSSR count). The Hall–Kier alpha value is -7.48. The van der Waals surface area contributed by atoms with Gasteiger partial charge >= 0.3 is 0 Å². The van der Waals surface area contributed by atoms with Crippen molar-refractivity contribution in [2.24, 2.45) is 0 Å². The first kappa shape index (κ1) is 36.8. The van der Waals surface area contributed by atoms with E-state index in [0.717, 1.165) is 17.1 Å². The summed E-state index contributed by atoms with van der Waals surface area (Å²) in [5.41, 5.74) is 20.6. The quantitative estimate of drug-likeness (QED) is 0.132. The molecule has 0 bridgehead atoms. The first-order valence-electron chi connectivity index (χ1n) is 20.8. The van der Waals surface area contributed by atoms with Crippen molar-refractivity contribution in [3.63, 3.8) is 0 Å². The molecule has 0 unspecified atom stereocenters. The Kier molecular flexibility index (Phi) is 9.64. The summed E-state index contributed by atoms with van der Waals surface area (Å²) in [5.74, 6) is 0. The molecule has 9 aromatic carbocycles. The van der Waals surface area contributed by atoms with E-state index >= 15 is 0 Å². The lowest BCUT2D eigenvalue weighted by Gasteiger charge is -2.28. The minimum Gasteiger partial charge on any atom is -0.310 e. The van der Waals surface area contributed by atoms with Gasteiger partial charge in [-0.1, -0.05) is 208 Å². The molecule has 0 atom stereocenters. The highest BCUT2D eigenvalue weighted by Gasteiger charge is 2.36. The standard InChI is InChI=1S/C59H45N/c1-59(2)54-39-42(34-37-51(54)52-38-36-50(41-55(52)59)60(48-29-17-7-18-30-48)49-31-19-8-20-32-49)33-35-47-40-53(43-21-9-3-10-22-43)57(45-25-13-5-14-26-45)58(46-27-15-6-16-28-46)56(47)44-23-11-4-12-24-44/h3-41H,1-2H3/b35-33+. The van der Waals surface area contributed by atoms with Crippen molar-refractivity contribution in [3.05, 3.63) is 247 Å². The van der Waals surface area contributed by atoms with Crippen LogP contribution in [-0.4, -0.2) is 0 Å². The maximum atomic E-state index is 2.41. The van der Waals surface area contributed by atoms with E-state index < -0.39 is 0 Å². The molecule has 0 amide bonds. The lowest BCUT2D eigenvalue weighted by Crippen LogP contribution is -2.16. The van der Waals surface area contributed by atoms with E-state index in [0.29, 0.717) is 0 Å². The molecule has 1 heteroatoms. The molecule has 0 fully saturated rings. The maximum Gasteiger partial charge on any atom is 0.0465 e. The van der Waals surface area contributed by atoms with E-state index in [1.807, 2.05) is 0 Å². The smallest absolute Gasteiger partial charge is 0.0465 e. The fourth-order valence-electron chi connectivity index (χ4n) is 9.17. The van der Waals surface area contributed by atoms with Crippen molar-refractivity contribution < 1.29 is 0 Å². The number of para-hydroxylation sites is 2. The van der Waals surface area contributed by atoms with Crippen molar-refractivity contribution in [1.29, 1.82) is 0 Å². The number of hydrogen-bond acceptors (Lipinski definition) is 1. The lowest BCUT2D eigenvalue weighted by atomic mass is 9.80. The number of rotatable bonds is 9. The van der Waals surface area contributed by atoms with Crippen molar-refractivity contribution in [2.75, 3.05) is 4.90 Å². The Morgan fingerprint density at radius 3 is 1.30 bits per heavy atom. The summed E-state index contributed by atoms with van der Waals surface area (Å²) in [6.07, 6.45) is 4.65. The summed E-state index contributed by atoms with van der Waals surface area (Å²) in [6.45, 7) is 4.75. The van der Waals surface area contributed by atoms with Crippen LogP contribution in [0.25, 0.3) is 67.8 Å². The zero-order chi connectivity index (χ0) is 40.5. The second-order valence-corrected chi connectivity index (χ2v) is 16.1. The molecule has 1 aliphatic rings. The molecule has 0 saturated carbocycles. The third-order valence-electron chi connectivity index (χ3n) is 12.1. The van der Waals surface area contributed by atoms with Gasteiger partial charge in [-0.2, -0.15) is 0 Å². The predicted molar refractivity (Wildman–Crippen MR) is 256 cm³/mol. The highest BCUT2D eigenvalue weighted by Crippen LogP contribution is 2.52. The van der Waals surface area contributed by atoms with Crippen LogP contribution in [0.2, 0.25) is 0 Å². The van der Waals surface area contributed by atoms with Gasteiger partial charge in [0, 0.05) is 22.5 Å². The van der Waals surface area contributed by atoms with Crippen LogP contribution in [0.15, 0.2) is 224 Å². The van der Waals surface area contributed by atoms with Gasteiger partial charge in [-0.25, -0.2) is 0 Å². The summed E-state index contributed by atoms with van der Waals surface area (Å²) in [7, 11) is 0. The van der Waals surface area contributed by atoms with Crippen molar-refractivity contribution in [2.45, 2.75) is 19.3 Å². The Bertz CT molecular complexity index is 2910. The van der Waals surface area contributed by atoms with Crippen LogP contribution in [0.1, 0.15) is 36.1 Å². The highest BCUT2D eigenvalue weighted by molar-refractivity contribution is 6.05. The maximum absolute atomic E-state index is 2.41. The molecule has 0 N–H and O–H groups in total. The molecule has 0 spiro atoms. The van der Waals surface area contributed by atoms with Crippen LogP contribution < -0.4 is 4.90 Å². The fraction of sp³-hybridized carbons (Fsp3) is 0.0508. The third-order valence-corrected chi connectivity index (χ3v) is 12.1. The molecule has 0 radical (unpaired) electrons. The van der Waals surface area contributed by atoms with E-state index in [-0.39, 0.29) is 5.41 Å². The van der Waals surface area contributed by atoms with Gasteiger partial charge in [0.2, 0.25) is 0 Å². The average molecular weight is 768 g/mol. The molecule has 286 valence electrons. The second kappa shape index (κ2) is 15.7. The number of fused-ring (bicyclic) bond motifs is 3. The molecule has 9 aromatic rings. The summed E-state index contributed by atoms with van der Waals surface area (Å²) in [6, 6.07) is 81.3. The summed E-state index contributed by atoms with van der Waals surface area (Å²) in [5, 5.41) is 0. The van der Waals surface area contributed by atoms with E-state index in [1.54, 1.807) is 0 Å². The van der Waals surface area contributed by atoms with Gasteiger partial charge in [0.15, 0.2) is 0 Å². The first-order chi connectivity index (χ1) is 29.5. The van der Waals surface area contributed by atoms with Crippen LogP contribution in [0.5, 0.6) is 0 Å². The van der Waals surface area contributed by atoms with Crippen LogP contribution >= 0.6 is 0 Å². The number of hydrogen-bond donors (Lipinski definition) is 0. The summed E-state index contributed by atoms with van der Waals surface area (Å²) >= 11 is 0. The van der Waals surface area contributed by atoms with Gasteiger partial charge in [-0.05, 0) is 120 Å². The minimum atomic E-state index is -0.197. The largest absolute Gasteiger partial charge is 0.310 e. The molecular weight excluding hydrogens is 723 g/mol. The monoisotopic (exact) mass is 767 g/mol. The SMILES string of the molecule is CC1(C)c2cc(/C=C/c3cc(-c4ccccc4)c(-c4ccccc4)c(-c4ccccc4)c3-c3ccccc3)ccc2-c2ccc(N(c3ccccc3)c3ccccc3)cc21. The second-order valence-electron chi connectivity index (χ2n) is 16.1. The van der Waals surface area contributed by atoms with Gasteiger partial charge in [0.05, 0.1) is 0 Å². The highest BCUT2D eigenvalue weighted by atomic mass is 15.1. The van der Waals surface area contributed by atoms with Crippen molar-refractivity contribution in [3.8, 4) is 55.6 Å². The van der Waals surface area contributed by atoms with Gasteiger partial charge in [-0.3, -0.25) is 0 Å². The zero-order valence-electron chi connectivity index (χ0n) is 34.0. The number of benzene rings is 9. The third kappa shape index (κ3) is 6.75. The molecule has 60 heavy (non-hydrogen) atoms. The molecule has 1 aliphatic carbocycles. The van der Waals surface area contributed by atoms with E-state index in [1.165, 1.54) is 77.9 Å². The first-order valence-corrected chi connectivity index (χ1v) is 20.8. The van der Waals surface area contributed by atoms with Gasteiger partial charge in [0.1, 0.15) is 0 Å². The molecule has 0 aliphatic heterocycles. The van der Waals surface area contributed by atoms with Crippen molar-refractivity contribution in [1.82, 2.24) is 0 Å². The Morgan fingerprint density at radius 2 is 0.767 bits per heavy atom. The Morgan fingerprint density at radius 1 is 0.333 bits per heavy atom. The zero-order valence-corrected chi connectivity index (χ0v) is 34.0. The van der Waals surface area contributed by atoms with E-state index in [9.17, 15) is 0 Å². The Balaban J connectivity index is 1.11. The van der Waals surface area contributed by atoms with E-state index in [2.05, 4.69) is 255 Å². The summed E-state index contributed by atoms with van der Waals surface area (Å²) < 4.78 is 0. The van der Waals surface area contributed by atoms with Gasteiger partial charge in [-0.15, -0.1) is 0 Å². The normalized spacial score (nSPS) is 12.6. The van der Waals surface area contributed by atoms with Gasteiger partial charge in [0.25, 0.3) is 0 Å². The Labute approximate surface area is 354 Å². The molecule has 0 aromatic heterocycles. The van der Waals surface area contributed by atoms with Crippen molar-refractivity contribution >= 4 is 29.2 Å². The van der Waals surface area contributed by atoms with Crippen LogP contribution in [0.3, 0.4) is 0 Å². The summed E-state index contributed by atoms with van der Waals surface area (Å²) in [4.78, 5) is 2.36. The average Bonchev–Trinajstić information content (AvgIpc) is 3.54. The number of nitrogens with zero attached hydrogens (tertiary/aromatic N) is 1. The predicted octanol–water partition coefficient (Wildman–Crippen LogP) is 16.3. The molecule has 1 nitrogen and oxygen atoms in total. The fourth-order valence-corrected chi connectivity index (χ4v) is 9.17. The molecule has 0 saturated heterocycles. The number of anilines is 3. The lowest BCUT2D eigenvalue weighted by molar-refractivity contribution is 0.660. The van der Waals surface area contributed by atoms with Crippen LogP contribution in [0, 0.1) is 0 Å². The van der Waals surface area contributed by atoms with Crippen LogP contribution in [0.4, 0.5) is 17.1 Å². The topological polar surface area (TPSA) is 3.24 Å². The minimum absolute atomic E-state index is 0.197. The molecular formula is C59H45N. The van der Waals surface area contributed by atoms with Crippen LogP contribution in [-0.2, 0) is 5.41 Å². The van der Waals surface area contributed by atoms with E-state index in [4.69, 9.17) is 0 Å². The molecule has 0 heterocycles. The van der Waals surface area contributed by atoms with Gasteiger partial charge < -0.3 is 4.90 Å².